The van der Waals surface area contributed by atoms with Crippen molar-refractivity contribution in [3.63, 3.8) is 0 Å². The van der Waals surface area contributed by atoms with Gasteiger partial charge in [0.1, 0.15) is 5.60 Å². The summed E-state index contributed by atoms with van der Waals surface area (Å²) >= 11 is 0. The van der Waals surface area contributed by atoms with E-state index >= 15 is 0 Å². The van der Waals surface area contributed by atoms with Gasteiger partial charge in [-0.3, -0.25) is 9.59 Å². The molecular formula is C28H29F5O3. The number of rotatable bonds is 3. The van der Waals surface area contributed by atoms with Gasteiger partial charge in [0.15, 0.2) is 11.6 Å². The fourth-order valence-electron chi connectivity index (χ4n) is 7.69. The van der Waals surface area contributed by atoms with E-state index < -0.39 is 41.4 Å². The molecule has 1 aromatic rings. The molecule has 0 saturated heterocycles. The second kappa shape index (κ2) is 8.07. The molecule has 8 heteroatoms. The highest BCUT2D eigenvalue weighted by atomic mass is 19.4. The number of hydrogen-bond acceptors (Lipinski definition) is 3. The number of benzene rings is 1. The molecule has 2 fully saturated rings. The molecule has 0 aliphatic heterocycles. The summed E-state index contributed by atoms with van der Waals surface area (Å²) in [6.07, 6.45) is -3.00. The maximum atomic E-state index is 15.0. The molecule has 4 aliphatic rings. The summed E-state index contributed by atoms with van der Waals surface area (Å²) in [5.41, 5.74) is -0.945. The highest BCUT2D eigenvalue weighted by Crippen LogP contribution is 2.70. The summed E-state index contributed by atoms with van der Waals surface area (Å²) in [5.74, 6) is -6.80. The lowest BCUT2D eigenvalue weighted by Crippen LogP contribution is -2.65. The molecule has 5 rings (SSSR count). The van der Waals surface area contributed by atoms with Crippen LogP contribution < -0.4 is 0 Å². The van der Waals surface area contributed by atoms with Crippen molar-refractivity contribution in [2.24, 2.45) is 17.3 Å². The van der Waals surface area contributed by atoms with Crippen molar-refractivity contribution in [1.29, 1.82) is 0 Å². The molecule has 3 nitrogen and oxygen atoms in total. The van der Waals surface area contributed by atoms with Gasteiger partial charge < -0.3 is 5.11 Å². The molecule has 0 heterocycles. The van der Waals surface area contributed by atoms with Crippen LogP contribution in [0.2, 0.25) is 0 Å². The van der Waals surface area contributed by atoms with E-state index in [4.69, 9.17) is 0 Å². The SMILES string of the molecule is CC(=O)c1cccc([C@H]2C[C@@]3(C)[C@@H](CC[C@@]3(O)C(F)(F)C(F)(F)F)[C@@H]3CCC4=CC(=O)CCC4=C32)c1. The number of aliphatic hydroxyl groups is 1. The number of halogens is 5. The summed E-state index contributed by atoms with van der Waals surface area (Å²) in [6.45, 7) is 2.80. The van der Waals surface area contributed by atoms with Crippen LogP contribution in [0.15, 0.2) is 47.1 Å². The van der Waals surface area contributed by atoms with Crippen molar-refractivity contribution in [3.8, 4) is 0 Å². The molecule has 0 aromatic heterocycles. The summed E-state index contributed by atoms with van der Waals surface area (Å²) in [5, 5.41) is 11.3. The van der Waals surface area contributed by atoms with Gasteiger partial charge in [0, 0.05) is 23.3 Å². The van der Waals surface area contributed by atoms with Crippen LogP contribution in [0, 0.1) is 17.3 Å². The van der Waals surface area contributed by atoms with Gasteiger partial charge >= 0.3 is 12.1 Å². The third-order valence-electron chi connectivity index (χ3n) is 9.46. The summed E-state index contributed by atoms with van der Waals surface area (Å²) in [4.78, 5) is 24.2. The zero-order valence-corrected chi connectivity index (χ0v) is 20.2. The highest BCUT2D eigenvalue weighted by Gasteiger charge is 2.79. The topological polar surface area (TPSA) is 54.4 Å². The number of fused-ring (bicyclic) bond motifs is 4. The fourth-order valence-corrected chi connectivity index (χ4v) is 7.69. The van der Waals surface area contributed by atoms with Crippen LogP contribution in [0.5, 0.6) is 0 Å². The minimum Gasteiger partial charge on any atom is -0.383 e. The van der Waals surface area contributed by atoms with E-state index in [1.165, 1.54) is 13.8 Å². The minimum absolute atomic E-state index is 0.0311. The molecule has 0 unspecified atom stereocenters. The molecule has 2 saturated carbocycles. The maximum absolute atomic E-state index is 15.0. The van der Waals surface area contributed by atoms with Crippen LogP contribution in [0.1, 0.15) is 80.6 Å². The zero-order chi connectivity index (χ0) is 26.3. The van der Waals surface area contributed by atoms with Gasteiger partial charge in [0.2, 0.25) is 0 Å². The van der Waals surface area contributed by atoms with Gasteiger partial charge in [-0.15, -0.1) is 0 Å². The first kappa shape index (κ1) is 25.3. The number of hydrogen-bond donors (Lipinski definition) is 1. The first-order valence-electron chi connectivity index (χ1n) is 12.5. The summed E-state index contributed by atoms with van der Waals surface area (Å²) in [6, 6.07) is 6.79. The second-order valence-corrected chi connectivity index (χ2v) is 11.1. The lowest BCUT2D eigenvalue weighted by Gasteiger charge is -2.56. The molecule has 5 atom stereocenters. The average molecular weight is 509 g/mol. The number of carbonyl (C=O) groups is 2. The largest absolute Gasteiger partial charge is 0.456 e. The first-order chi connectivity index (χ1) is 16.7. The monoisotopic (exact) mass is 508 g/mol. The fraction of sp³-hybridized carbons (Fsp3) is 0.571. The van der Waals surface area contributed by atoms with Crippen LogP contribution in [-0.4, -0.2) is 34.4 Å². The Labute approximate surface area is 206 Å². The molecular weight excluding hydrogens is 479 g/mol. The van der Waals surface area contributed by atoms with Crippen LogP contribution in [0.3, 0.4) is 0 Å². The van der Waals surface area contributed by atoms with Crippen molar-refractivity contribution in [2.75, 3.05) is 0 Å². The minimum atomic E-state index is -5.88. The Morgan fingerprint density at radius 3 is 2.47 bits per heavy atom. The number of carbonyl (C=O) groups excluding carboxylic acids is 2. The van der Waals surface area contributed by atoms with Crippen molar-refractivity contribution in [2.45, 2.75) is 82.4 Å². The van der Waals surface area contributed by atoms with E-state index in [0.717, 1.165) is 16.7 Å². The van der Waals surface area contributed by atoms with Crippen molar-refractivity contribution in [3.05, 3.63) is 58.2 Å². The lowest BCUT2D eigenvalue weighted by molar-refractivity contribution is -0.362. The van der Waals surface area contributed by atoms with E-state index in [0.29, 0.717) is 36.8 Å². The second-order valence-electron chi connectivity index (χ2n) is 11.1. The quantitative estimate of drug-likeness (QED) is 0.364. The average Bonchev–Trinajstić information content (AvgIpc) is 3.09. The lowest BCUT2D eigenvalue weighted by atomic mass is 9.50. The number of Topliss-reactive ketones (excluding diaryl/α,β-unsaturated/α-hetero) is 1. The van der Waals surface area contributed by atoms with Crippen molar-refractivity contribution >= 4 is 11.6 Å². The van der Waals surface area contributed by atoms with Crippen molar-refractivity contribution < 1.29 is 36.6 Å². The van der Waals surface area contributed by atoms with Gasteiger partial charge in [-0.2, -0.15) is 22.0 Å². The standard InChI is InChI=1S/C28H29F5O3/c1-15(34)16-4-3-5-17(12-16)22-14-25(2)23(10-11-26(25,36)27(29,30)28(31,32)33)21-8-6-18-13-19(35)7-9-20(18)24(21)22/h3-5,12-13,21-23,36H,6-11,14H2,1-2H3/t21-,22+,23-,25-,26-/m0/s1. The van der Waals surface area contributed by atoms with E-state index in [1.54, 1.807) is 30.3 Å². The van der Waals surface area contributed by atoms with Gasteiger partial charge in [-0.1, -0.05) is 30.7 Å². The van der Waals surface area contributed by atoms with E-state index in [1.807, 2.05) is 0 Å². The molecule has 0 amide bonds. The predicted molar refractivity (Wildman–Crippen MR) is 123 cm³/mol. The Kier molecular flexibility index (Phi) is 5.67. The van der Waals surface area contributed by atoms with E-state index in [9.17, 15) is 36.6 Å². The Morgan fingerprint density at radius 2 is 1.81 bits per heavy atom. The molecule has 194 valence electrons. The van der Waals surface area contributed by atoms with Gasteiger partial charge in [-0.05, 0) is 86.1 Å². The third kappa shape index (κ3) is 3.39. The first-order valence-corrected chi connectivity index (χ1v) is 12.5. The molecule has 1 aromatic carbocycles. The highest BCUT2D eigenvalue weighted by molar-refractivity contribution is 5.94. The van der Waals surface area contributed by atoms with Crippen LogP contribution >= 0.6 is 0 Å². The number of allylic oxidation sites excluding steroid dienone is 4. The van der Waals surface area contributed by atoms with Crippen LogP contribution in [0.4, 0.5) is 22.0 Å². The normalized spacial score (nSPS) is 34.6. The smallest absolute Gasteiger partial charge is 0.383 e. The summed E-state index contributed by atoms with van der Waals surface area (Å²) < 4.78 is 70.8. The maximum Gasteiger partial charge on any atom is 0.456 e. The Balaban J connectivity index is 1.71. The number of alkyl halides is 5. The third-order valence-corrected chi connectivity index (χ3v) is 9.46. The van der Waals surface area contributed by atoms with Gasteiger partial charge in [-0.25, -0.2) is 0 Å². The molecule has 0 radical (unpaired) electrons. The van der Waals surface area contributed by atoms with Gasteiger partial charge in [0.25, 0.3) is 0 Å². The Bertz CT molecular complexity index is 1200. The summed E-state index contributed by atoms with van der Waals surface area (Å²) in [7, 11) is 0. The number of ketones is 2. The molecule has 36 heavy (non-hydrogen) atoms. The van der Waals surface area contributed by atoms with E-state index in [-0.39, 0.29) is 30.3 Å². The van der Waals surface area contributed by atoms with Crippen LogP contribution in [0.25, 0.3) is 0 Å². The van der Waals surface area contributed by atoms with Crippen molar-refractivity contribution in [1.82, 2.24) is 0 Å². The molecule has 4 aliphatic carbocycles. The molecule has 0 spiro atoms. The predicted octanol–water partition coefficient (Wildman–Crippen LogP) is 6.72. The van der Waals surface area contributed by atoms with Gasteiger partial charge in [0.05, 0.1) is 0 Å². The molecule has 0 bridgehead atoms. The van der Waals surface area contributed by atoms with E-state index in [2.05, 4.69) is 0 Å². The Hall–Kier alpha value is -2.35. The molecule has 1 N–H and O–H groups in total. The zero-order valence-electron chi connectivity index (χ0n) is 20.2. The van der Waals surface area contributed by atoms with Crippen LogP contribution in [-0.2, 0) is 4.79 Å². The Morgan fingerprint density at radius 1 is 1.08 bits per heavy atom.